The van der Waals surface area contributed by atoms with Gasteiger partial charge in [0, 0.05) is 18.4 Å². The molecular formula is C20H26NO4+. The highest BCUT2D eigenvalue weighted by Gasteiger charge is 2.36. The largest absolute Gasteiger partial charge is 0.504 e. The molecular weight excluding hydrogens is 318 g/mol. The van der Waals surface area contributed by atoms with E-state index in [1.807, 2.05) is 18.2 Å². The monoisotopic (exact) mass is 344 g/mol. The van der Waals surface area contributed by atoms with Gasteiger partial charge in [-0.05, 0) is 35.4 Å². The molecule has 5 heteroatoms. The molecule has 0 bridgehead atoms. The van der Waals surface area contributed by atoms with Crippen molar-refractivity contribution in [2.24, 2.45) is 0 Å². The van der Waals surface area contributed by atoms with Gasteiger partial charge in [-0.25, -0.2) is 0 Å². The molecule has 2 aromatic rings. The molecule has 0 saturated heterocycles. The van der Waals surface area contributed by atoms with Crippen molar-refractivity contribution >= 4 is 0 Å². The third kappa shape index (κ3) is 3.24. The Morgan fingerprint density at radius 1 is 1.00 bits per heavy atom. The number of aromatic hydroxyl groups is 2. The summed E-state index contributed by atoms with van der Waals surface area (Å²) in [6.07, 6.45) is 1.71. The van der Waals surface area contributed by atoms with Crippen LogP contribution in [0.5, 0.6) is 23.0 Å². The second-order valence-corrected chi connectivity index (χ2v) is 7.20. The number of phenolic OH excluding ortho intramolecular Hbond substituents is 2. The van der Waals surface area contributed by atoms with Crippen LogP contribution in [0.15, 0.2) is 30.3 Å². The average molecular weight is 344 g/mol. The number of nitrogens with zero attached hydrogens (tertiary/aromatic N) is 1. The van der Waals surface area contributed by atoms with Crippen molar-refractivity contribution in [2.75, 3.05) is 34.9 Å². The van der Waals surface area contributed by atoms with Gasteiger partial charge < -0.3 is 24.2 Å². The second-order valence-electron chi connectivity index (χ2n) is 7.20. The number of phenols is 2. The van der Waals surface area contributed by atoms with Gasteiger partial charge in [0.1, 0.15) is 6.04 Å². The third-order valence-electron chi connectivity index (χ3n) is 5.27. The van der Waals surface area contributed by atoms with E-state index in [9.17, 15) is 10.2 Å². The van der Waals surface area contributed by atoms with E-state index in [-0.39, 0.29) is 17.5 Å². The smallest absolute Gasteiger partial charge is 0.160 e. The topological polar surface area (TPSA) is 58.9 Å². The molecule has 0 unspecified atom stereocenters. The van der Waals surface area contributed by atoms with Crippen LogP contribution in [0, 0.1) is 0 Å². The van der Waals surface area contributed by atoms with Crippen molar-refractivity contribution in [2.45, 2.75) is 18.9 Å². The molecule has 1 atom stereocenters. The summed E-state index contributed by atoms with van der Waals surface area (Å²) in [7, 11) is 7.53. The number of methoxy groups -OCH3 is 2. The molecule has 2 aromatic carbocycles. The average Bonchev–Trinajstić information content (AvgIpc) is 2.57. The molecule has 2 N–H and O–H groups in total. The zero-order chi connectivity index (χ0) is 18.2. The fourth-order valence-corrected chi connectivity index (χ4v) is 3.70. The second kappa shape index (κ2) is 6.48. The van der Waals surface area contributed by atoms with Gasteiger partial charge in [0.25, 0.3) is 0 Å². The minimum Gasteiger partial charge on any atom is -0.504 e. The van der Waals surface area contributed by atoms with Crippen LogP contribution in [0.25, 0.3) is 0 Å². The lowest BCUT2D eigenvalue weighted by Gasteiger charge is -2.43. The van der Waals surface area contributed by atoms with Crippen molar-refractivity contribution in [3.63, 3.8) is 0 Å². The van der Waals surface area contributed by atoms with Crippen molar-refractivity contribution in [1.29, 1.82) is 0 Å². The molecule has 0 saturated carbocycles. The Balaban J connectivity index is 2.00. The molecule has 134 valence electrons. The SMILES string of the molecule is COc1ccc(C[C@H]2c3cc(O)c(OC)cc3CC[N+]2(C)C)cc1O. The summed E-state index contributed by atoms with van der Waals surface area (Å²) in [5.41, 5.74) is 3.40. The number of quaternary nitrogens is 1. The van der Waals surface area contributed by atoms with Gasteiger partial charge in [-0.15, -0.1) is 0 Å². The fourth-order valence-electron chi connectivity index (χ4n) is 3.70. The molecule has 1 heterocycles. The quantitative estimate of drug-likeness (QED) is 0.837. The molecule has 0 aromatic heterocycles. The van der Waals surface area contributed by atoms with E-state index < -0.39 is 0 Å². The number of likely N-dealkylation sites (N-methyl/N-ethyl adjacent to an activating group) is 1. The van der Waals surface area contributed by atoms with Crippen LogP contribution in [0.3, 0.4) is 0 Å². The number of hydrogen-bond donors (Lipinski definition) is 2. The summed E-state index contributed by atoms with van der Waals surface area (Å²) in [5, 5.41) is 20.3. The normalized spacial score (nSPS) is 18.5. The summed E-state index contributed by atoms with van der Waals surface area (Å²) in [5.74, 6) is 1.32. The Morgan fingerprint density at radius 3 is 2.32 bits per heavy atom. The lowest BCUT2D eigenvalue weighted by atomic mass is 9.87. The van der Waals surface area contributed by atoms with Crippen molar-refractivity contribution < 1.29 is 24.2 Å². The maximum Gasteiger partial charge on any atom is 0.160 e. The molecule has 0 spiro atoms. The lowest BCUT2D eigenvalue weighted by molar-refractivity contribution is -0.923. The van der Waals surface area contributed by atoms with Crippen LogP contribution in [-0.2, 0) is 12.8 Å². The van der Waals surface area contributed by atoms with E-state index in [0.29, 0.717) is 11.5 Å². The van der Waals surface area contributed by atoms with Crippen LogP contribution in [0.4, 0.5) is 0 Å². The van der Waals surface area contributed by atoms with Crippen LogP contribution in [-0.4, -0.2) is 49.6 Å². The van der Waals surface area contributed by atoms with Gasteiger partial charge in [-0.1, -0.05) is 6.07 Å². The highest BCUT2D eigenvalue weighted by molar-refractivity contribution is 5.49. The predicted molar refractivity (Wildman–Crippen MR) is 96.4 cm³/mol. The Bertz CT molecular complexity index is 786. The van der Waals surface area contributed by atoms with E-state index in [2.05, 4.69) is 14.1 Å². The molecule has 5 nitrogen and oxygen atoms in total. The first kappa shape index (κ1) is 17.4. The Kier molecular flexibility index (Phi) is 4.52. The zero-order valence-corrected chi connectivity index (χ0v) is 15.2. The third-order valence-corrected chi connectivity index (χ3v) is 5.27. The number of benzene rings is 2. The Morgan fingerprint density at radius 2 is 1.68 bits per heavy atom. The van der Waals surface area contributed by atoms with E-state index in [4.69, 9.17) is 9.47 Å². The van der Waals surface area contributed by atoms with Gasteiger partial charge in [-0.3, -0.25) is 0 Å². The van der Waals surface area contributed by atoms with Crippen LogP contribution in [0.1, 0.15) is 22.7 Å². The number of ether oxygens (including phenoxy) is 2. The van der Waals surface area contributed by atoms with E-state index in [1.165, 1.54) is 5.56 Å². The van der Waals surface area contributed by atoms with Crippen molar-refractivity contribution in [3.8, 4) is 23.0 Å². The van der Waals surface area contributed by atoms with E-state index in [0.717, 1.165) is 35.0 Å². The lowest BCUT2D eigenvalue weighted by Crippen LogP contribution is -2.48. The summed E-state index contributed by atoms with van der Waals surface area (Å²) in [6, 6.07) is 9.50. The highest BCUT2D eigenvalue weighted by Crippen LogP contribution is 2.41. The van der Waals surface area contributed by atoms with E-state index in [1.54, 1.807) is 26.4 Å². The van der Waals surface area contributed by atoms with Gasteiger partial charge in [0.05, 0.1) is 34.9 Å². The molecule has 0 fully saturated rings. The van der Waals surface area contributed by atoms with E-state index >= 15 is 0 Å². The molecule has 1 aliphatic heterocycles. The van der Waals surface area contributed by atoms with Gasteiger partial charge in [0.15, 0.2) is 23.0 Å². The number of hydrogen-bond acceptors (Lipinski definition) is 4. The maximum absolute atomic E-state index is 10.2. The molecule has 25 heavy (non-hydrogen) atoms. The van der Waals surface area contributed by atoms with Gasteiger partial charge in [-0.2, -0.15) is 0 Å². The predicted octanol–water partition coefficient (Wildman–Crippen LogP) is 3.03. The first-order valence-electron chi connectivity index (χ1n) is 8.44. The molecule has 0 aliphatic carbocycles. The molecule has 1 aliphatic rings. The first-order valence-corrected chi connectivity index (χ1v) is 8.44. The van der Waals surface area contributed by atoms with Gasteiger partial charge in [0.2, 0.25) is 0 Å². The number of fused-ring (bicyclic) bond motifs is 1. The summed E-state index contributed by atoms with van der Waals surface area (Å²) in [6.45, 7) is 1.01. The number of rotatable bonds is 4. The molecule has 0 radical (unpaired) electrons. The Hall–Kier alpha value is -2.40. The molecule has 0 amide bonds. The minimum absolute atomic E-state index is 0.152. The molecule has 3 rings (SSSR count). The van der Waals surface area contributed by atoms with Crippen molar-refractivity contribution in [1.82, 2.24) is 0 Å². The van der Waals surface area contributed by atoms with Gasteiger partial charge >= 0.3 is 0 Å². The Labute approximate surface area is 148 Å². The standard InChI is InChI=1S/C20H25NO4/c1-21(2)8-7-14-11-20(25-4)18(23)12-15(14)16(21)9-13-5-6-19(24-3)17(22)10-13/h5-6,10-12,16H,7-9H2,1-4H3,(H-,22,23)/p+1/t16-/m0/s1. The minimum atomic E-state index is 0.152. The summed E-state index contributed by atoms with van der Waals surface area (Å²) in [4.78, 5) is 0. The fraction of sp³-hybridized carbons (Fsp3) is 0.400. The zero-order valence-electron chi connectivity index (χ0n) is 15.2. The summed E-state index contributed by atoms with van der Waals surface area (Å²) < 4.78 is 11.2. The first-order chi connectivity index (χ1) is 11.9. The van der Waals surface area contributed by atoms with Crippen LogP contribution in [0.2, 0.25) is 0 Å². The highest BCUT2D eigenvalue weighted by atomic mass is 16.5. The van der Waals surface area contributed by atoms with Crippen molar-refractivity contribution in [3.05, 3.63) is 47.0 Å². The van der Waals surface area contributed by atoms with Crippen LogP contribution >= 0.6 is 0 Å². The summed E-state index contributed by atoms with van der Waals surface area (Å²) >= 11 is 0. The van der Waals surface area contributed by atoms with Crippen LogP contribution < -0.4 is 9.47 Å². The maximum atomic E-state index is 10.2.